The molecule has 1 heterocycles. The van der Waals surface area contributed by atoms with Crippen molar-refractivity contribution in [3.05, 3.63) is 53.2 Å². The van der Waals surface area contributed by atoms with Crippen LogP contribution >= 0.6 is 0 Å². The first-order valence-electron chi connectivity index (χ1n) is 6.11. The molecule has 1 aromatic carbocycles. The molecule has 0 aliphatic rings. The minimum Gasteiger partial charge on any atom is -0.478 e. The Balaban J connectivity index is 2.03. The molecule has 5 nitrogen and oxygen atoms in total. The predicted octanol–water partition coefficient (Wildman–Crippen LogP) is 2.28. The zero-order valence-corrected chi connectivity index (χ0v) is 10.9. The number of aromatic carboxylic acids is 1. The average Bonchev–Trinajstić information content (AvgIpc) is 2.44. The molecule has 0 aliphatic carbocycles. The average molecular weight is 275 g/mol. The number of aromatic nitrogens is 2. The van der Waals surface area contributed by atoms with Gasteiger partial charge in [-0.15, -0.1) is 0 Å². The van der Waals surface area contributed by atoms with Gasteiger partial charge in [0, 0.05) is 6.54 Å². The van der Waals surface area contributed by atoms with E-state index in [4.69, 9.17) is 5.11 Å². The van der Waals surface area contributed by atoms with Gasteiger partial charge in [-0.2, -0.15) is 0 Å². The number of benzene rings is 1. The summed E-state index contributed by atoms with van der Waals surface area (Å²) in [5.41, 5.74) is 1.22. The molecule has 1 aromatic heterocycles. The highest BCUT2D eigenvalue weighted by Gasteiger charge is 2.10. The second-order valence-electron chi connectivity index (χ2n) is 4.26. The number of hydrogen-bond donors (Lipinski definition) is 2. The van der Waals surface area contributed by atoms with Crippen LogP contribution in [0.15, 0.2) is 30.6 Å². The van der Waals surface area contributed by atoms with Gasteiger partial charge in [0.15, 0.2) is 11.6 Å². The number of carbonyl (C=O) groups is 1. The fourth-order valence-electron chi connectivity index (χ4n) is 1.84. The highest BCUT2D eigenvalue weighted by Crippen LogP contribution is 2.13. The molecule has 0 saturated heterocycles. The minimum absolute atomic E-state index is 0.130. The first kappa shape index (κ1) is 13.9. The molecule has 0 fully saturated rings. The zero-order chi connectivity index (χ0) is 14.5. The molecule has 0 amide bonds. The van der Waals surface area contributed by atoms with Crippen LogP contribution in [0.4, 0.5) is 10.2 Å². The SMILES string of the molecule is Cc1ncnc(NCCc2ccccc2C(=O)O)c1F. The Morgan fingerprint density at radius 3 is 2.85 bits per heavy atom. The molecule has 6 heteroatoms. The Labute approximate surface area is 115 Å². The number of nitrogens with one attached hydrogen (secondary N) is 1. The fourth-order valence-corrected chi connectivity index (χ4v) is 1.84. The molecule has 2 N–H and O–H groups in total. The summed E-state index contributed by atoms with van der Waals surface area (Å²) in [6, 6.07) is 6.74. The monoisotopic (exact) mass is 275 g/mol. The highest BCUT2D eigenvalue weighted by molar-refractivity contribution is 5.89. The third-order valence-electron chi connectivity index (χ3n) is 2.90. The van der Waals surface area contributed by atoms with E-state index in [1.165, 1.54) is 6.33 Å². The zero-order valence-electron chi connectivity index (χ0n) is 10.9. The van der Waals surface area contributed by atoms with Crippen LogP contribution in [0.5, 0.6) is 0 Å². The van der Waals surface area contributed by atoms with Crippen LogP contribution in [-0.4, -0.2) is 27.6 Å². The van der Waals surface area contributed by atoms with Crippen molar-refractivity contribution in [2.45, 2.75) is 13.3 Å². The van der Waals surface area contributed by atoms with E-state index < -0.39 is 11.8 Å². The third kappa shape index (κ3) is 3.09. The van der Waals surface area contributed by atoms with Gasteiger partial charge < -0.3 is 10.4 Å². The third-order valence-corrected chi connectivity index (χ3v) is 2.90. The van der Waals surface area contributed by atoms with Crippen LogP contribution in [0, 0.1) is 12.7 Å². The Bertz CT molecular complexity index is 632. The predicted molar refractivity (Wildman–Crippen MR) is 72.3 cm³/mol. The quantitative estimate of drug-likeness (QED) is 0.875. The number of anilines is 1. The molecular weight excluding hydrogens is 261 g/mol. The summed E-state index contributed by atoms with van der Waals surface area (Å²) in [5, 5.41) is 11.9. The van der Waals surface area contributed by atoms with Gasteiger partial charge in [0.05, 0.1) is 11.3 Å². The lowest BCUT2D eigenvalue weighted by Gasteiger charge is -2.09. The largest absolute Gasteiger partial charge is 0.478 e. The molecule has 2 rings (SSSR count). The number of aryl methyl sites for hydroxylation is 1. The molecule has 0 radical (unpaired) electrons. The van der Waals surface area contributed by atoms with Gasteiger partial charge in [-0.3, -0.25) is 0 Å². The summed E-state index contributed by atoms with van der Waals surface area (Å²) >= 11 is 0. The number of carboxylic acids is 1. The molecular formula is C14H14FN3O2. The number of rotatable bonds is 5. The van der Waals surface area contributed by atoms with Crippen molar-refractivity contribution in [3.63, 3.8) is 0 Å². The lowest BCUT2D eigenvalue weighted by molar-refractivity contribution is 0.0695. The minimum atomic E-state index is -0.968. The van der Waals surface area contributed by atoms with E-state index in [0.717, 1.165) is 0 Å². The van der Waals surface area contributed by atoms with Gasteiger partial charge >= 0.3 is 5.97 Å². The lowest BCUT2D eigenvalue weighted by Crippen LogP contribution is -2.11. The van der Waals surface area contributed by atoms with E-state index >= 15 is 0 Å². The standard InChI is InChI=1S/C14H14FN3O2/c1-9-12(15)13(18-8-17-9)16-7-6-10-4-2-3-5-11(10)14(19)20/h2-5,8H,6-7H2,1H3,(H,19,20)(H,16,17,18). The van der Waals surface area contributed by atoms with Crippen molar-refractivity contribution in [2.24, 2.45) is 0 Å². The first-order chi connectivity index (χ1) is 9.59. The molecule has 0 aliphatic heterocycles. The molecule has 0 unspecified atom stereocenters. The first-order valence-corrected chi connectivity index (χ1v) is 6.11. The molecule has 0 spiro atoms. The maximum absolute atomic E-state index is 13.7. The second kappa shape index (κ2) is 6.10. The summed E-state index contributed by atoms with van der Waals surface area (Å²) < 4.78 is 13.7. The maximum Gasteiger partial charge on any atom is 0.335 e. The van der Waals surface area contributed by atoms with Gasteiger partial charge in [0.25, 0.3) is 0 Å². The fraction of sp³-hybridized carbons (Fsp3) is 0.214. The highest BCUT2D eigenvalue weighted by atomic mass is 19.1. The molecule has 0 atom stereocenters. The van der Waals surface area contributed by atoms with Crippen LogP contribution in [0.2, 0.25) is 0 Å². The topological polar surface area (TPSA) is 75.1 Å². The van der Waals surface area contributed by atoms with Crippen molar-refractivity contribution in [1.82, 2.24) is 9.97 Å². The van der Waals surface area contributed by atoms with Crippen molar-refractivity contribution >= 4 is 11.8 Å². The lowest BCUT2D eigenvalue weighted by atomic mass is 10.0. The van der Waals surface area contributed by atoms with E-state index in [1.807, 2.05) is 0 Å². The number of halogens is 1. The van der Waals surface area contributed by atoms with Gasteiger partial charge in [-0.25, -0.2) is 19.2 Å². The van der Waals surface area contributed by atoms with Crippen LogP contribution in [0.1, 0.15) is 21.6 Å². The van der Waals surface area contributed by atoms with Crippen LogP contribution in [0.3, 0.4) is 0 Å². The summed E-state index contributed by atoms with van der Waals surface area (Å²) in [5.74, 6) is -1.33. The molecule has 0 saturated carbocycles. The number of carboxylic acid groups (broad SMARTS) is 1. The molecule has 2 aromatic rings. The van der Waals surface area contributed by atoms with Crippen molar-refractivity contribution in [1.29, 1.82) is 0 Å². The summed E-state index contributed by atoms with van der Waals surface area (Å²) in [7, 11) is 0. The smallest absolute Gasteiger partial charge is 0.335 e. The molecule has 0 bridgehead atoms. The van der Waals surface area contributed by atoms with Crippen LogP contribution < -0.4 is 5.32 Å². The summed E-state index contributed by atoms with van der Waals surface area (Å²) in [6.07, 6.45) is 1.75. The van der Waals surface area contributed by atoms with Crippen LogP contribution in [-0.2, 0) is 6.42 Å². The van der Waals surface area contributed by atoms with Crippen molar-refractivity contribution in [2.75, 3.05) is 11.9 Å². The Morgan fingerprint density at radius 2 is 2.10 bits per heavy atom. The number of hydrogen-bond acceptors (Lipinski definition) is 4. The van der Waals surface area contributed by atoms with Gasteiger partial charge in [-0.1, -0.05) is 18.2 Å². The maximum atomic E-state index is 13.7. The van der Waals surface area contributed by atoms with Crippen LogP contribution in [0.25, 0.3) is 0 Å². The van der Waals surface area contributed by atoms with Gasteiger partial charge in [-0.05, 0) is 25.0 Å². The van der Waals surface area contributed by atoms with E-state index in [9.17, 15) is 9.18 Å². The van der Waals surface area contributed by atoms with E-state index in [1.54, 1.807) is 31.2 Å². The Morgan fingerprint density at radius 1 is 1.35 bits per heavy atom. The Kier molecular flexibility index (Phi) is 4.24. The van der Waals surface area contributed by atoms with E-state index in [-0.39, 0.29) is 17.1 Å². The van der Waals surface area contributed by atoms with Crippen molar-refractivity contribution in [3.8, 4) is 0 Å². The molecule has 104 valence electrons. The second-order valence-corrected chi connectivity index (χ2v) is 4.26. The molecule has 20 heavy (non-hydrogen) atoms. The number of nitrogens with zero attached hydrogens (tertiary/aromatic N) is 2. The Hall–Kier alpha value is -2.50. The summed E-state index contributed by atoms with van der Waals surface area (Å²) in [4.78, 5) is 18.6. The van der Waals surface area contributed by atoms with E-state index in [0.29, 0.717) is 18.5 Å². The van der Waals surface area contributed by atoms with E-state index in [2.05, 4.69) is 15.3 Å². The van der Waals surface area contributed by atoms with Gasteiger partial charge in [0.1, 0.15) is 6.33 Å². The normalized spacial score (nSPS) is 10.3. The van der Waals surface area contributed by atoms with Crippen molar-refractivity contribution < 1.29 is 14.3 Å². The summed E-state index contributed by atoms with van der Waals surface area (Å²) in [6.45, 7) is 1.94. The van der Waals surface area contributed by atoms with Gasteiger partial charge in [0.2, 0.25) is 0 Å².